The Hall–Kier alpha value is -0.540. The molecular weight excluding hydrogens is 210 g/mol. The quantitative estimate of drug-likeness (QED) is 0.840. The number of imidazole rings is 1. The van der Waals surface area contributed by atoms with Crippen LogP contribution in [0.1, 0.15) is 31.8 Å². The van der Waals surface area contributed by atoms with Gasteiger partial charge in [0.25, 0.3) is 0 Å². The maximum absolute atomic E-state index is 6.11. The first-order valence-electron chi connectivity index (χ1n) is 5.62. The fraction of sp³-hybridized carbons (Fsp3) is 0.727. The van der Waals surface area contributed by atoms with Crippen LogP contribution in [-0.2, 0) is 19.4 Å². The van der Waals surface area contributed by atoms with Crippen LogP contribution in [0.2, 0.25) is 5.15 Å². The van der Waals surface area contributed by atoms with Gasteiger partial charge in [0.1, 0.15) is 5.82 Å². The topological polar surface area (TPSA) is 43.8 Å². The lowest BCUT2D eigenvalue weighted by molar-refractivity contribution is 0.320. The zero-order valence-electron chi connectivity index (χ0n) is 9.33. The second-order valence-corrected chi connectivity index (χ2v) is 4.75. The second-order valence-electron chi connectivity index (χ2n) is 4.39. The number of fused-ring (bicyclic) bond motifs is 1. The zero-order chi connectivity index (χ0) is 11.0. The van der Waals surface area contributed by atoms with Crippen LogP contribution >= 0.6 is 11.6 Å². The van der Waals surface area contributed by atoms with Crippen molar-refractivity contribution in [3.63, 3.8) is 0 Å². The molecule has 2 N–H and O–H groups in total. The third kappa shape index (κ3) is 1.91. The molecule has 2 atom stereocenters. The van der Waals surface area contributed by atoms with Crippen LogP contribution in [0, 0.1) is 5.92 Å². The lowest BCUT2D eigenvalue weighted by atomic mass is 9.92. The van der Waals surface area contributed by atoms with Gasteiger partial charge in [-0.2, -0.15) is 0 Å². The molecule has 84 valence electrons. The summed E-state index contributed by atoms with van der Waals surface area (Å²) < 4.78 is 2.26. The van der Waals surface area contributed by atoms with E-state index < -0.39 is 0 Å². The third-order valence-electron chi connectivity index (χ3n) is 3.33. The first-order chi connectivity index (χ1) is 7.13. The maximum Gasteiger partial charge on any atom is 0.150 e. The van der Waals surface area contributed by atoms with Crippen LogP contribution in [0.5, 0.6) is 0 Å². The summed E-state index contributed by atoms with van der Waals surface area (Å²) in [5.41, 5.74) is 7.16. The molecule has 0 bridgehead atoms. The van der Waals surface area contributed by atoms with Gasteiger partial charge in [0, 0.05) is 19.0 Å². The predicted octanol–water partition coefficient (Wildman–Crippen LogP) is 2.01. The Labute approximate surface area is 95.6 Å². The number of hydrogen-bond acceptors (Lipinski definition) is 2. The largest absolute Gasteiger partial charge is 0.330 e. The third-order valence-corrected chi connectivity index (χ3v) is 3.63. The van der Waals surface area contributed by atoms with Gasteiger partial charge in [-0.25, -0.2) is 4.98 Å². The normalized spacial score (nSPS) is 22.5. The summed E-state index contributed by atoms with van der Waals surface area (Å²) in [4.78, 5) is 4.39. The van der Waals surface area contributed by atoms with Crippen LogP contribution in [0.3, 0.4) is 0 Å². The van der Waals surface area contributed by atoms with Gasteiger partial charge in [0.05, 0.1) is 5.69 Å². The van der Waals surface area contributed by atoms with E-state index >= 15 is 0 Å². The lowest BCUT2D eigenvalue weighted by Crippen LogP contribution is -2.34. The summed E-state index contributed by atoms with van der Waals surface area (Å²) in [5.74, 6) is 1.66. The minimum Gasteiger partial charge on any atom is -0.330 e. The van der Waals surface area contributed by atoms with Crippen LogP contribution < -0.4 is 5.73 Å². The van der Waals surface area contributed by atoms with E-state index in [-0.39, 0.29) is 6.04 Å². The highest BCUT2D eigenvalue weighted by Crippen LogP contribution is 2.28. The Balaban J connectivity index is 2.31. The molecular formula is C11H18ClN3. The number of rotatable bonds is 2. The molecule has 0 amide bonds. The SMILES string of the molecule is CCc1nc(Cl)c2n1CC(C(C)N)CC2. The van der Waals surface area contributed by atoms with Crippen LogP contribution in [-0.4, -0.2) is 15.6 Å². The van der Waals surface area contributed by atoms with Crippen molar-refractivity contribution >= 4 is 11.6 Å². The molecule has 2 heterocycles. The molecule has 1 aromatic heterocycles. The van der Waals surface area contributed by atoms with Crippen molar-refractivity contribution in [1.82, 2.24) is 9.55 Å². The molecule has 1 aromatic rings. The van der Waals surface area contributed by atoms with E-state index in [2.05, 4.69) is 23.4 Å². The minimum atomic E-state index is 0.254. The Kier molecular flexibility index (Phi) is 3.03. The van der Waals surface area contributed by atoms with E-state index in [4.69, 9.17) is 17.3 Å². The van der Waals surface area contributed by atoms with Crippen LogP contribution in [0.4, 0.5) is 0 Å². The standard InChI is InChI=1S/C11H18ClN3/c1-3-10-14-11(12)9-5-4-8(7(2)13)6-15(9)10/h7-8H,3-6,13H2,1-2H3. The van der Waals surface area contributed by atoms with Gasteiger partial charge in [-0.1, -0.05) is 18.5 Å². The highest BCUT2D eigenvalue weighted by atomic mass is 35.5. The molecule has 2 unspecified atom stereocenters. The Morgan fingerprint density at radius 2 is 2.40 bits per heavy atom. The lowest BCUT2D eigenvalue weighted by Gasteiger charge is -2.28. The highest BCUT2D eigenvalue weighted by molar-refractivity contribution is 6.30. The molecule has 4 heteroatoms. The summed E-state index contributed by atoms with van der Waals surface area (Å²) in [6, 6.07) is 0.254. The molecule has 0 saturated heterocycles. The number of halogens is 1. The van der Waals surface area contributed by atoms with Crippen molar-refractivity contribution in [3.8, 4) is 0 Å². The van der Waals surface area contributed by atoms with Gasteiger partial charge in [0.15, 0.2) is 5.15 Å². The number of aromatic nitrogens is 2. The number of nitrogens with zero attached hydrogens (tertiary/aromatic N) is 2. The van der Waals surface area contributed by atoms with Gasteiger partial charge >= 0.3 is 0 Å². The fourth-order valence-corrected chi connectivity index (χ4v) is 2.60. The van der Waals surface area contributed by atoms with E-state index in [0.717, 1.165) is 31.6 Å². The molecule has 3 nitrogen and oxygen atoms in total. The smallest absolute Gasteiger partial charge is 0.150 e. The summed E-state index contributed by atoms with van der Waals surface area (Å²) in [7, 11) is 0. The Morgan fingerprint density at radius 1 is 1.67 bits per heavy atom. The Morgan fingerprint density at radius 3 is 3.00 bits per heavy atom. The van der Waals surface area contributed by atoms with E-state index in [1.165, 1.54) is 5.69 Å². The summed E-state index contributed by atoms with van der Waals surface area (Å²) in [5, 5.41) is 0.690. The molecule has 0 spiro atoms. The van der Waals surface area contributed by atoms with E-state index in [1.54, 1.807) is 0 Å². The van der Waals surface area contributed by atoms with Crippen molar-refractivity contribution in [1.29, 1.82) is 0 Å². The number of hydrogen-bond donors (Lipinski definition) is 1. The van der Waals surface area contributed by atoms with Gasteiger partial charge in [0.2, 0.25) is 0 Å². The molecule has 0 fully saturated rings. The zero-order valence-corrected chi connectivity index (χ0v) is 10.1. The van der Waals surface area contributed by atoms with Crippen LogP contribution in [0.15, 0.2) is 0 Å². The second kappa shape index (κ2) is 4.14. The number of nitrogens with two attached hydrogens (primary N) is 1. The highest BCUT2D eigenvalue weighted by Gasteiger charge is 2.25. The predicted molar refractivity (Wildman–Crippen MR) is 62.1 cm³/mol. The molecule has 1 aliphatic heterocycles. The van der Waals surface area contributed by atoms with Gasteiger partial charge < -0.3 is 10.3 Å². The van der Waals surface area contributed by atoms with Crippen molar-refractivity contribution in [3.05, 3.63) is 16.7 Å². The van der Waals surface area contributed by atoms with Crippen molar-refractivity contribution in [2.75, 3.05) is 0 Å². The van der Waals surface area contributed by atoms with Gasteiger partial charge in [-0.3, -0.25) is 0 Å². The molecule has 0 saturated carbocycles. The summed E-state index contributed by atoms with van der Waals surface area (Å²) in [6.07, 6.45) is 3.08. The molecule has 0 radical (unpaired) electrons. The van der Waals surface area contributed by atoms with Crippen molar-refractivity contribution < 1.29 is 0 Å². The number of aryl methyl sites for hydroxylation is 1. The van der Waals surface area contributed by atoms with Crippen molar-refractivity contribution in [2.24, 2.45) is 11.7 Å². The Bertz CT molecular complexity index is 357. The maximum atomic E-state index is 6.11. The van der Waals surface area contributed by atoms with Crippen LogP contribution in [0.25, 0.3) is 0 Å². The first kappa shape index (κ1) is 11.0. The monoisotopic (exact) mass is 227 g/mol. The van der Waals surface area contributed by atoms with Gasteiger partial charge in [-0.05, 0) is 25.7 Å². The summed E-state index contributed by atoms with van der Waals surface area (Å²) in [6.45, 7) is 5.18. The molecule has 2 rings (SSSR count). The molecule has 1 aliphatic rings. The van der Waals surface area contributed by atoms with E-state index in [1.807, 2.05) is 0 Å². The molecule has 0 aromatic carbocycles. The first-order valence-corrected chi connectivity index (χ1v) is 6.00. The van der Waals surface area contributed by atoms with Crippen molar-refractivity contribution in [2.45, 2.75) is 45.7 Å². The molecule has 15 heavy (non-hydrogen) atoms. The average Bonchev–Trinajstić information content (AvgIpc) is 2.55. The fourth-order valence-electron chi connectivity index (χ4n) is 2.31. The van der Waals surface area contributed by atoms with E-state index in [0.29, 0.717) is 11.1 Å². The summed E-state index contributed by atoms with van der Waals surface area (Å²) >= 11 is 6.11. The molecule has 0 aliphatic carbocycles. The average molecular weight is 228 g/mol. The minimum absolute atomic E-state index is 0.254. The van der Waals surface area contributed by atoms with E-state index in [9.17, 15) is 0 Å². The van der Waals surface area contributed by atoms with Gasteiger partial charge in [-0.15, -0.1) is 0 Å².